The highest BCUT2D eigenvalue weighted by molar-refractivity contribution is 5.80. The fourth-order valence-electron chi connectivity index (χ4n) is 3.36. The van der Waals surface area contributed by atoms with Crippen LogP contribution in [0.15, 0.2) is 0 Å². The molecule has 1 saturated carbocycles. The zero-order chi connectivity index (χ0) is 14.4. The number of amides is 1. The number of nitrogens with two attached hydrogens (primary N) is 1. The van der Waals surface area contributed by atoms with Crippen molar-refractivity contribution in [1.82, 2.24) is 10.2 Å². The Labute approximate surface area is 122 Å². The molecule has 0 spiro atoms. The number of carbonyl (C=O) groups is 1. The summed E-state index contributed by atoms with van der Waals surface area (Å²) >= 11 is 0. The van der Waals surface area contributed by atoms with E-state index in [2.05, 4.69) is 10.2 Å². The van der Waals surface area contributed by atoms with E-state index in [1.54, 1.807) is 6.92 Å². The summed E-state index contributed by atoms with van der Waals surface area (Å²) in [5.74, 6) is -0.0306. The third kappa shape index (κ3) is 4.43. The first-order valence-corrected chi connectivity index (χ1v) is 7.95. The molecule has 3 N–H and O–H groups in total. The second-order valence-corrected chi connectivity index (χ2v) is 6.46. The Morgan fingerprint density at radius 2 is 1.95 bits per heavy atom. The van der Waals surface area contributed by atoms with Crippen LogP contribution in [-0.2, 0) is 9.53 Å². The minimum Gasteiger partial charge on any atom is -0.379 e. The molecule has 0 bridgehead atoms. The van der Waals surface area contributed by atoms with Gasteiger partial charge in [-0.25, -0.2) is 0 Å². The van der Waals surface area contributed by atoms with Crippen molar-refractivity contribution in [2.24, 2.45) is 11.1 Å². The number of carbonyl (C=O) groups excluding carboxylic acids is 1. The van der Waals surface area contributed by atoms with Gasteiger partial charge in [-0.15, -0.1) is 0 Å². The summed E-state index contributed by atoms with van der Waals surface area (Å²) in [4.78, 5) is 14.2. The van der Waals surface area contributed by atoms with Crippen LogP contribution in [-0.4, -0.2) is 56.2 Å². The summed E-state index contributed by atoms with van der Waals surface area (Å²) in [5, 5.41) is 3.06. The fourth-order valence-corrected chi connectivity index (χ4v) is 3.36. The number of hydrogen-bond donors (Lipinski definition) is 2. The van der Waals surface area contributed by atoms with Gasteiger partial charge in [-0.2, -0.15) is 0 Å². The molecule has 1 unspecified atom stereocenters. The SMILES string of the molecule is CC(N)C(=O)NCC1(CN2CCOCC2)CCCCC1. The van der Waals surface area contributed by atoms with Crippen molar-refractivity contribution in [3.63, 3.8) is 0 Å². The highest BCUT2D eigenvalue weighted by Gasteiger charge is 2.34. The molecule has 0 aromatic rings. The van der Waals surface area contributed by atoms with Gasteiger partial charge in [0, 0.05) is 31.6 Å². The van der Waals surface area contributed by atoms with Crippen LogP contribution >= 0.6 is 0 Å². The maximum atomic E-state index is 11.8. The Kier molecular flexibility index (Phi) is 5.81. The van der Waals surface area contributed by atoms with E-state index < -0.39 is 6.04 Å². The first kappa shape index (κ1) is 15.7. The fraction of sp³-hybridized carbons (Fsp3) is 0.933. The Bertz CT molecular complexity index is 308. The average Bonchev–Trinajstić information content (AvgIpc) is 2.47. The second kappa shape index (κ2) is 7.38. The average molecular weight is 283 g/mol. The van der Waals surface area contributed by atoms with Crippen LogP contribution < -0.4 is 11.1 Å². The zero-order valence-electron chi connectivity index (χ0n) is 12.7. The lowest BCUT2D eigenvalue weighted by atomic mass is 9.73. The van der Waals surface area contributed by atoms with E-state index in [1.165, 1.54) is 32.1 Å². The number of nitrogens with one attached hydrogen (secondary N) is 1. The molecule has 1 saturated heterocycles. The summed E-state index contributed by atoms with van der Waals surface area (Å²) < 4.78 is 5.42. The first-order valence-electron chi connectivity index (χ1n) is 7.95. The molecule has 2 rings (SSSR count). The Morgan fingerprint density at radius 1 is 1.30 bits per heavy atom. The molecular formula is C15H29N3O2. The summed E-state index contributed by atoms with van der Waals surface area (Å²) in [5.41, 5.74) is 5.88. The molecule has 5 nitrogen and oxygen atoms in total. The molecule has 1 atom stereocenters. The lowest BCUT2D eigenvalue weighted by Gasteiger charge is -2.42. The third-order valence-electron chi connectivity index (χ3n) is 4.63. The molecule has 1 amide bonds. The summed E-state index contributed by atoms with van der Waals surface area (Å²) in [6, 6.07) is -0.418. The third-order valence-corrected chi connectivity index (χ3v) is 4.63. The van der Waals surface area contributed by atoms with Crippen LogP contribution in [0.4, 0.5) is 0 Å². The van der Waals surface area contributed by atoms with Crippen molar-refractivity contribution in [3.8, 4) is 0 Å². The normalized spacial score (nSPS) is 25.1. The van der Waals surface area contributed by atoms with Gasteiger partial charge in [-0.1, -0.05) is 19.3 Å². The van der Waals surface area contributed by atoms with E-state index in [4.69, 9.17) is 10.5 Å². The Hall–Kier alpha value is -0.650. The lowest BCUT2D eigenvalue weighted by Crippen LogP contribution is -2.51. The summed E-state index contributed by atoms with van der Waals surface area (Å²) in [6.45, 7) is 7.29. The smallest absolute Gasteiger partial charge is 0.236 e. The lowest BCUT2D eigenvalue weighted by molar-refractivity contribution is -0.122. The van der Waals surface area contributed by atoms with Gasteiger partial charge in [0.1, 0.15) is 0 Å². The molecule has 20 heavy (non-hydrogen) atoms. The predicted octanol–water partition coefficient (Wildman–Crippen LogP) is 0.732. The quantitative estimate of drug-likeness (QED) is 0.780. The monoisotopic (exact) mass is 283 g/mol. The molecule has 0 radical (unpaired) electrons. The molecule has 2 fully saturated rings. The van der Waals surface area contributed by atoms with Crippen molar-refractivity contribution in [2.75, 3.05) is 39.4 Å². The van der Waals surface area contributed by atoms with Crippen LogP contribution in [0, 0.1) is 5.41 Å². The maximum Gasteiger partial charge on any atom is 0.236 e. The van der Waals surface area contributed by atoms with Crippen LogP contribution in [0.1, 0.15) is 39.0 Å². The van der Waals surface area contributed by atoms with Gasteiger partial charge in [-0.05, 0) is 19.8 Å². The molecule has 1 heterocycles. The summed E-state index contributed by atoms with van der Waals surface area (Å²) in [7, 11) is 0. The predicted molar refractivity (Wildman–Crippen MR) is 79.4 cm³/mol. The Morgan fingerprint density at radius 3 is 2.55 bits per heavy atom. The molecule has 0 aromatic heterocycles. The number of ether oxygens (including phenoxy) is 1. The Balaban J connectivity index is 1.91. The van der Waals surface area contributed by atoms with Crippen LogP contribution in [0.25, 0.3) is 0 Å². The van der Waals surface area contributed by atoms with Crippen molar-refractivity contribution in [1.29, 1.82) is 0 Å². The van der Waals surface area contributed by atoms with Crippen LogP contribution in [0.2, 0.25) is 0 Å². The van der Waals surface area contributed by atoms with E-state index in [1.807, 2.05) is 0 Å². The zero-order valence-corrected chi connectivity index (χ0v) is 12.7. The van der Waals surface area contributed by atoms with E-state index in [-0.39, 0.29) is 11.3 Å². The minimum absolute atomic E-state index is 0.0306. The van der Waals surface area contributed by atoms with Crippen molar-refractivity contribution in [3.05, 3.63) is 0 Å². The van der Waals surface area contributed by atoms with Gasteiger partial charge < -0.3 is 15.8 Å². The van der Waals surface area contributed by atoms with Gasteiger partial charge >= 0.3 is 0 Å². The molecule has 1 aliphatic carbocycles. The standard InChI is InChI=1S/C15H29N3O2/c1-13(16)14(19)17-11-15(5-3-2-4-6-15)12-18-7-9-20-10-8-18/h13H,2-12,16H2,1H3,(H,17,19). The number of nitrogens with zero attached hydrogens (tertiary/aromatic N) is 1. The maximum absolute atomic E-state index is 11.8. The molecule has 1 aliphatic heterocycles. The van der Waals surface area contributed by atoms with E-state index in [0.717, 1.165) is 39.4 Å². The topological polar surface area (TPSA) is 67.6 Å². The minimum atomic E-state index is -0.418. The number of rotatable bonds is 5. The van der Waals surface area contributed by atoms with Crippen LogP contribution in [0.3, 0.4) is 0 Å². The molecule has 116 valence electrons. The molecule has 5 heteroatoms. The van der Waals surface area contributed by atoms with E-state index in [0.29, 0.717) is 0 Å². The highest BCUT2D eigenvalue weighted by Crippen LogP contribution is 2.36. The van der Waals surface area contributed by atoms with Crippen molar-refractivity contribution >= 4 is 5.91 Å². The van der Waals surface area contributed by atoms with Gasteiger partial charge in [0.2, 0.25) is 5.91 Å². The van der Waals surface area contributed by atoms with Crippen molar-refractivity contribution in [2.45, 2.75) is 45.1 Å². The highest BCUT2D eigenvalue weighted by atomic mass is 16.5. The van der Waals surface area contributed by atoms with Gasteiger partial charge in [-0.3, -0.25) is 9.69 Å². The molecular weight excluding hydrogens is 254 g/mol. The summed E-state index contributed by atoms with van der Waals surface area (Å²) in [6.07, 6.45) is 6.30. The molecule has 2 aliphatic rings. The molecule has 0 aromatic carbocycles. The van der Waals surface area contributed by atoms with Crippen LogP contribution in [0.5, 0.6) is 0 Å². The largest absolute Gasteiger partial charge is 0.379 e. The van der Waals surface area contributed by atoms with Crippen molar-refractivity contribution < 1.29 is 9.53 Å². The number of hydrogen-bond acceptors (Lipinski definition) is 4. The number of morpholine rings is 1. The van der Waals surface area contributed by atoms with E-state index >= 15 is 0 Å². The van der Waals surface area contributed by atoms with Gasteiger partial charge in [0.25, 0.3) is 0 Å². The van der Waals surface area contributed by atoms with E-state index in [9.17, 15) is 4.79 Å². The van der Waals surface area contributed by atoms with Gasteiger partial charge in [0.05, 0.1) is 19.3 Å². The first-order chi connectivity index (χ1) is 9.61. The van der Waals surface area contributed by atoms with Gasteiger partial charge in [0.15, 0.2) is 0 Å². The second-order valence-electron chi connectivity index (χ2n) is 6.46.